The number of benzene rings is 1. The van der Waals surface area contributed by atoms with Gasteiger partial charge in [-0.25, -0.2) is 0 Å². The normalized spacial score (nSPS) is 14.6. The zero-order valence-corrected chi connectivity index (χ0v) is 10.6. The summed E-state index contributed by atoms with van der Waals surface area (Å²) in [5.41, 5.74) is -0.976. The van der Waals surface area contributed by atoms with E-state index in [0.717, 1.165) is 6.07 Å². The topological polar surface area (TPSA) is 36.4 Å². The van der Waals surface area contributed by atoms with Gasteiger partial charge >= 0.3 is 6.18 Å². The van der Waals surface area contributed by atoms with Gasteiger partial charge in [0.1, 0.15) is 0 Å². The first kappa shape index (κ1) is 14.9. The van der Waals surface area contributed by atoms with Crippen LogP contribution in [0.4, 0.5) is 18.9 Å². The first-order valence-corrected chi connectivity index (χ1v) is 5.27. The highest BCUT2D eigenvalue weighted by Crippen LogP contribution is 2.38. The number of hydrogen-bond donors (Lipinski definition) is 2. The van der Waals surface area contributed by atoms with Gasteiger partial charge in [-0.15, -0.1) is 12.4 Å². The van der Waals surface area contributed by atoms with Gasteiger partial charge in [-0.3, -0.25) is 4.99 Å². The molecule has 2 rings (SSSR count). The van der Waals surface area contributed by atoms with Crippen molar-refractivity contribution >= 4 is 35.7 Å². The summed E-state index contributed by atoms with van der Waals surface area (Å²) in [4.78, 5) is 3.96. The van der Waals surface area contributed by atoms with E-state index >= 15 is 0 Å². The second-order valence-corrected chi connectivity index (χ2v) is 3.85. The van der Waals surface area contributed by atoms with Gasteiger partial charge < -0.3 is 10.6 Å². The minimum absolute atomic E-state index is 0. The maximum atomic E-state index is 12.7. The van der Waals surface area contributed by atoms with Crippen LogP contribution >= 0.6 is 24.0 Å². The van der Waals surface area contributed by atoms with Crippen LogP contribution in [-0.2, 0) is 6.18 Å². The number of nitrogens with one attached hydrogen (secondary N) is 2. The SMILES string of the molecule is Cl.FC(F)(F)c1cccc(Cl)c1NC1=NCCN1. The van der Waals surface area contributed by atoms with E-state index in [4.69, 9.17) is 11.6 Å². The lowest BCUT2D eigenvalue weighted by atomic mass is 10.1. The molecule has 0 aromatic heterocycles. The van der Waals surface area contributed by atoms with Crippen LogP contribution in [0, 0.1) is 0 Å². The molecule has 0 saturated carbocycles. The molecule has 0 spiro atoms. The van der Waals surface area contributed by atoms with E-state index < -0.39 is 11.7 Å². The first-order chi connectivity index (χ1) is 7.98. The van der Waals surface area contributed by atoms with Crippen LogP contribution in [-0.4, -0.2) is 19.0 Å². The fraction of sp³-hybridized carbons (Fsp3) is 0.300. The van der Waals surface area contributed by atoms with Gasteiger partial charge in [0.2, 0.25) is 0 Å². The van der Waals surface area contributed by atoms with Crippen LogP contribution in [0.25, 0.3) is 0 Å². The van der Waals surface area contributed by atoms with Crippen molar-refractivity contribution in [3.8, 4) is 0 Å². The number of rotatable bonds is 1. The Morgan fingerprint density at radius 2 is 2.06 bits per heavy atom. The van der Waals surface area contributed by atoms with E-state index in [2.05, 4.69) is 15.6 Å². The largest absolute Gasteiger partial charge is 0.418 e. The summed E-state index contributed by atoms with van der Waals surface area (Å²) in [6.07, 6.45) is -4.45. The molecule has 0 atom stereocenters. The molecule has 0 bridgehead atoms. The molecule has 1 aromatic rings. The van der Waals surface area contributed by atoms with Crippen molar-refractivity contribution in [3.05, 3.63) is 28.8 Å². The highest BCUT2D eigenvalue weighted by molar-refractivity contribution is 6.34. The Balaban J connectivity index is 0.00000162. The van der Waals surface area contributed by atoms with Crippen molar-refractivity contribution < 1.29 is 13.2 Å². The molecular weight excluding hydrogens is 290 g/mol. The maximum Gasteiger partial charge on any atom is 0.418 e. The molecule has 0 aliphatic carbocycles. The lowest BCUT2D eigenvalue weighted by Gasteiger charge is -2.15. The van der Waals surface area contributed by atoms with E-state index in [-0.39, 0.29) is 23.1 Å². The Hall–Kier alpha value is -1.14. The monoisotopic (exact) mass is 299 g/mol. The maximum absolute atomic E-state index is 12.7. The van der Waals surface area contributed by atoms with Crippen LogP contribution in [0.3, 0.4) is 0 Å². The number of guanidine groups is 1. The molecule has 0 unspecified atom stereocenters. The number of aliphatic imine (C=N–C) groups is 1. The van der Waals surface area contributed by atoms with Crippen LogP contribution < -0.4 is 10.6 Å². The molecule has 1 heterocycles. The van der Waals surface area contributed by atoms with Crippen molar-refractivity contribution in [1.29, 1.82) is 0 Å². The molecule has 0 radical (unpaired) electrons. The van der Waals surface area contributed by atoms with Gasteiger partial charge in [-0.2, -0.15) is 13.2 Å². The Kier molecular flexibility index (Phi) is 4.70. The number of halogens is 5. The number of alkyl halides is 3. The van der Waals surface area contributed by atoms with E-state index in [9.17, 15) is 13.2 Å². The number of para-hydroxylation sites is 1. The lowest BCUT2D eigenvalue weighted by molar-refractivity contribution is -0.136. The summed E-state index contributed by atoms with van der Waals surface area (Å²) in [6, 6.07) is 3.64. The molecule has 0 fully saturated rings. The summed E-state index contributed by atoms with van der Waals surface area (Å²) in [7, 11) is 0. The first-order valence-electron chi connectivity index (χ1n) is 4.89. The predicted octanol–water partition coefficient (Wildman–Crippen LogP) is 3.15. The van der Waals surface area contributed by atoms with E-state index in [1.807, 2.05) is 0 Å². The molecule has 3 nitrogen and oxygen atoms in total. The summed E-state index contributed by atoms with van der Waals surface area (Å²) in [5, 5.41) is 5.41. The van der Waals surface area contributed by atoms with Gasteiger partial charge in [0.15, 0.2) is 5.96 Å². The quantitative estimate of drug-likeness (QED) is 0.836. The van der Waals surface area contributed by atoms with E-state index in [1.54, 1.807) is 0 Å². The fourth-order valence-electron chi connectivity index (χ4n) is 1.49. The van der Waals surface area contributed by atoms with Crippen LogP contribution in [0.2, 0.25) is 5.02 Å². The molecule has 0 saturated heterocycles. The minimum Gasteiger partial charge on any atom is -0.354 e. The number of nitrogens with zero attached hydrogens (tertiary/aromatic N) is 1. The smallest absolute Gasteiger partial charge is 0.354 e. The van der Waals surface area contributed by atoms with Gasteiger partial charge in [-0.1, -0.05) is 17.7 Å². The molecule has 0 amide bonds. The van der Waals surface area contributed by atoms with E-state index in [0.29, 0.717) is 19.0 Å². The zero-order chi connectivity index (χ0) is 12.5. The van der Waals surface area contributed by atoms with Gasteiger partial charge in [0, 0.05) is 6.54 Å². The molecule has 8 heteroatoms. The average Bonchev–Trinajstić information content (AvgIpc) is 2.72. The predicted molar refractivity (Wildman–Crippen MR) is 67.6 cm³/mol. The third-order valence-electron chi connectivity index (χ3n) is 2.24. The van der Waals surface area contributed by atoms with Gasteiger partial charge in [-0.05, 0) is 12.1 Å². The molecule has 100 valence electrons. The fourth-order valence-corrected chi connectivity index (χ4v) is 1.71. The minimum atomic E-state index is -4.45. The third-order valence-corrected chi connectivity index (χ3v) is 2.55. The number of hydrogen-bond acceptors (Lipinski definition) is 3. The second-order valence-electron chi connectivity index (χ2n) is 3.44. The second kappa shape index (κ2) is 5.67. The third kappa shape index (κ3) is 3.20. The molecule has 1 aromatic carbocycles. The highest BCUT2D eigenvalue weighted by Gasteiger charge is 2.34. The van der Waals surface area contributed by atoms with E-state index in [1.165, 1.54) is 12.1 Å². The molecule has 1 aliphatic heterocycles. The summed E-state index contributed by atoms with van der Waals surface area (Å²) < 4.78 is 38.2. The van der Waals surface area contributed by atoms with Crippen LogP contribution in [0.15, 0.2) is 23.2 Å². The average molecular weight is 300 g/mol. The molecule has 1 aliphatic rings. The Labute approximate surface area is 113 Å². The zero-order valence-electron chi connectivity index (χ0n) is 9.01. The molecule has 18 heavy (non-hydrogen) atoms. The Bertz CT molecular complexity index is 460. The molecule has 2 N–H and O–H groups in total. The number of anilines is 1. The van der Waals surface area contributed by atoms with Crippen molar-refractivity contribution in [2.75, 3.05) is 18.4 Å². The van der Waals surface area contributed by atoms with Crippen molar-refractivity contribution in [2.24, 2.45) is 4.99 Å². The van der Waals surface area contributed by atoms with Crippen LogP contribution in [0.5, 0.6) is 0 Å². The summed E-state index contributed by atoms with van der Waals surface area (Å²) in [6.45, 7) is 1.14. The van der Waals surface area contributed by atoms with Crippen molar-refractivity contribution in [3.63, 3.8) is 0 Å². The van der Waals surface area contributed by atoms with Crippen LogP contribution in [0.1, 0.15) is 5.56 Å². The van der Waals surface area contributed by atoms with Gasteiger partial charge in [0.05, 0.1) is 22.8 Å². The molecular formula is C10H10Cl2F3N3. The summed E-state index contributed by atoms with van der Waals surface area (Å²) >= 11 is 5.77. The summed E-state index contributed by atoms with van der Waals surface area (Å²) in [5.74, 6) is 0.309. The van der Waals surface area contributed by atoms with Crippen molar-refractivity contribution in [1.82, 2.24) is 5.32 Å². The Morgan fingerprint density at radius 1 is 1.33 bits per heavy atom. The van der Waals surface area contributed by atoms with Gasteiger partial charge in [0.25, 0.3) is 0 Å². The standard InChI is InChI=1S/C10H9ClF3N3.ClH/c11-7-3-1-2-6(10(12,13)14)8(7)17-9-15-4-5-16-9;/h1-3H,4-5H2,(H2,15,16,17);1H. The lowest BCUT2D eigenvalue weighted by Crippen LogP contribution is -2.27. The van der Waals surface area contributed by atoms with Crippen molar-refractivity contribution in [2.45, 2.75) is 6.18 Å². The highest BCUT2D eigenvalue weighted by atomic mass is 35.5. The Morgan fingerprint density at radius 3 is 2.61 bits per heavy atom.